The standard InChI is InChI=1S/C30H37N5O3S/c1-21-5-4-10-34(15-21)16-22-11-26(23-8-9-23)27-17-35(39(36,37)28(27)12-22)25-7-3-6-24(13-25)30(18-38-19-30)14-29-32-31-20-33(29)2/h3,6-7,11-13,20-21,23H,4-5,8-10,14-19H2,1-2H3/t21-/m0/s1. The topological polar surface area (TPSA) is 80.6 Å². The van der Waals surface area contributed by atoms with E-state index in [0.29, 0.717) is 42.9 Å². The summed E-state index contributed by atoms with van der Waals surface area (Å²) in [6, 6.07) is 12.3. The number of aromatic nitrogens is 3. The molecule has 2 saturated heterocycles. The fourth-order valence-electron chi connectivity index (χ4n) is 6.72. The Hall–Kier alpha value is -2.75. The fourth-order valence-corrected chi connectivity index (χ4v) is 8.44. The van der Waals surface area contributed by atoms with E-state index in [2.05, 4.69) is 40.2 Å². The number of piperidine rings is 1. The van der Waals surface area contributed by atoms with Gasteiger partial charge < -0.3 is 9.30 Å². The van der Waals surface area contributed by atoms with Crippen LogP contribution in [0.5, 0.6) is 0 Å². The molecule has 206 valence electrons. The molecule has 39 heavy (non-hydrogen) atoms. The predicted octanol–water partition coefficient (Wildman–Crippen LogP) is 4.14. The second-order valence-corrected chi connectivity index (χ2v) is 14.1. The summed E-state index contributed by atoms with van der Waals surface area (Å²) in [4.78, 5) is 3.00. The van der Waals surface area contributed by atoms with E-state index in [1.165, 1.54) is 18.4 Å². The molecule has 3 fully saturated rings. The lowest BCUT2D eigenvalue weighted by molar-refractivity contribution is -0.0611. The van der Waals surface area contributed by atoms with Gasteiger partial charge in [-0.15, -0.1) is 10.2 Å². The van der Waals surface area contributed by atoms with Gasteiger partial charge in [-0.1, -0.05) is 25.1 Å². The first-order valence-corrected chi connectivity index (χ1v) is 15.7. The van der Waals surface area contributed by atoms with Gasteiger partial charge in [0.1, 0.15) is 12.2 Å². The first-order chi connectivity index (χ1) is 18.8. The maximum Gasteiger partial charge on any atom is 0.264 e. The van der Waals surface area contributed by atoms with Crippen molar-refractivity contribution in [2.45, 2.75) is 68.3 Å². The minimum atomic E-state index is -3.65. The molecule has 0 radical (unpaired) electrons. The predicted molar refractivity (Wildman–Crippen MR) is 149 cm³/mol. The molecule has 0 N–H and O–H groups in total. The third kappa shape index (κ3) is 4.48. The summed E-state index contributed by atoms with van der Waals surface area (Å²) in [6.07, 6.45) is 7.21. The second-order valence-electron chi connectivity index (χ2n) is 12.3. The summed E-state index contributed by atoms with van der Waals surface area (Å²) in [5.41, 5.74) is 4.97. The Bertz CT molecular complexity index is 1510. The van der Waals surface area contributed by atoms with Gasteiger partial charge in [0.25, 0.3) is 10.0 Å². The highest BCUT2D eigenvalue weighted by Gasteiger charge is 2.44. The Labute approximate surface area is 231 Å². The lowest BCUT2D eigenvalue weighted by Gasteiger charge is -2.42. The van der Waals surface area contributed by atoms with Gasteiger partial charge in [0.2, 0.25) is 0 Å². The zero-order valence-electron chi connectivity index (χ0n) is 22.8. The van der Waals surface area contributed by atoms with Crippen LogP contribution in [0.15, 0.2) is 47.6 Å². The maximum atomic E-state index is 14.1. The van der Waals surface area contributed by atoms with Crippen LogP contribution in [0.3, 0.4) is 0 Å². The van der Waals surface area contributed by atoms with Crippen molar-refractivity contribution in [1.29, 1.82) is 0 Å². The number of sulfonamides is 1. The van der Waals surface area contributed by atoms with Crippen LogP contribution < -0.4 is 4.31 Å². The average molecular weight is 548 g/mol. The van der Waals surface area contributed by atoms with E-state index in [1.807, 2.05) is 29.8 Å². The number of ether oxygens (including phenoxy) is 1. The van der Waals surface area contributed by atoms with Crippen LogP contribution in [0, 0.1) is 5.92 Å². The largest absolute Gasteiger partial charge is 0.379 e. The van der Waals surface area contributed by atoms with Gasteiger partial charge in [-0.05, 0) is 84.5 Å². The van der Waals surface area contributed by atoms with Crippen molar-refractivity contribution in [3.8, 4) is 0 Å². The SMILES string of the molecule is C[C@H]1CCCN(Cc2cc(C3CC3)c3c(c2)S(=O)(=O)N(c2cccc(C4(Cc5nncn5C)COC4)c2)C3)C1. The van der Waals surface area contributed by atoms with Gasteiger partial charge >= 0.3 is 0 Å². The molecule has 0 amide bonds. The molecular formula is C30H37N5O3S. The molecule has 8 nitrogen and oxygen atoms in total. The number of likely N-dealkylation sites (tertiary alicyclic amines) is 1. The molecule has 3 aliphatic heterocycles. The molecule has 3 aromatic rings. The number of fused-ring (bicyclic) bond motifs is 1. The lowest BCUT2D eigenvalue weighted by atomic mass is 9.75. The first kappa shape index (κ1) is 25.2. The van der Waals surface area contributed by atoms with Gasteiger partial charge in [-0.3, -0.25) is 9.21 Å². The van der Waals surface area contributed by atoms with Crippen LogP contribution in [0.2, 0.25) is 0 Å². The van der Waals surface area contributed by atoms with Crippen molar-refractivity contribution >= 4 is 15.7 Å². The highest BCUT2D eigenvalue weighted by molar-refractivity contribution is 7.93. The van der Waals surface area contributed by atoms with Crippen molar-refractivity contribution in [3.05, 3.63) is 70.8 Å². The third-order valence-electron chi connectivity index (χ3n) is 9.14. The Kier molecular flexibility index (Phi) is 6.10. The Morgan fingerprint density at radius 1 is 1.13 bits per heavy atom. The summed E-state index contributed by atoms with van der Waals surface area (Å²) < 4.78 is 37.4. The summed E-state index contributed by atoms with van der Waals surface area (Å²) in [5.74, 6) is 2.08. The Morgan fingerprint density at radius 3 is 2.67 bits per heavy atom. The molecular weight excluding hydrogens is 510 g/mol. The molecule has 0 spiro atoms. The fraction of sp³-hybridized carbons (Fsp3) is 0.533. The molecule has 0 unspecified atom stereocenters. The van der Waals surface area contributed by atoms with E-state index < -0.39 is 10.0 Å². The number of anilines is 1. The summed E-state index contributed by atoms with van der Waals surface area (Å²) in [5, 5.41) is 8.33. The van der Waals surface area contributed by atoms with Crippen LogP contribution in [0.25, 0.3) is 0 Å². The van der Waals surface area contributed by atoms with E-state index in [1.54, 1.807) is 10.6 Å². The zero-order valence-corrected chi connectivity index (χ0v) is 23.7. The number of hydrogen-bond donors (Lipinski definition) is 0. The monoisotopic (exact) mass is 547 g/mol. The molecule has 1 aromatic heterocycles. The van der Waals surface area contributed by atoms with Crippen LogP contribution in [-0.4, -0.2) is 54.4 Å². The average Bonchev–Trinajstić information content (AvgIpc) is 3.60. The van der Waals surface area contributed by atoms with E-state index >= 15 is 0 Å². The normalized spacial score (nSPS) is 23.9. The van der Waals surface area contributed by atoms with Crippen molar-refractivity contribution < 1.29 is 13.2 Å². The molecule has 0 bridgehead atoms. The summed E-state index contributed by atoms with van der Waals surface area (Å²) in [7, 11) is -1.70. The van der Waals surface area contributed by atoms with E-state index in [0.717, 1.165) is 60.7 Å². The van der Waals surface area contributed by atoms with Crippen LogP contribution in [0.1, 0.15) is 66.6 Å². The highest BCUT2D eigenvalue weighted by atomic mass is 32.2. The van der Waals surface area contributed by atoms with E-state index in [4.69, 9.17) is 4.74 Å². The van der Waals surface area contributed by atoms with Crippen molar-refractivity contribution in [1.82, 2.24) is 19.7 Å². The van der Waals surface area contributed by atoms with Gasteiger partial charge in [0, 0.05) is 32.0 Å². The molecule has 2 aromatic carbocycles. The number of nitrogens with zero attached hydrogens (tertiary/aromatic N) is 5. The highest BCUT2D eigenvalue weighted by Crippen LogP contribution is 2.48. The van der Waals surface area contributed by atoms with Crippen molar-refractivity contribution in [3.63, 3.8) is 0 Å². The van der Waals surface area contributed by atoms with Crippen LogP contribution in [0.4, 0.5) is 5.69 Å². The molecule has 4 aliphatic rings. The van der Waals surface area contributed by atoms with E-state index in [-0.39, 0.29) is 5.41 Å². The molecule has 1 atom stereocenters. The number of aryl methyl sites for hydroxylation is 1. The number of benzene rings is 2. The zero-order chi connectivity index (χ0) is 26.8. The molecule has 1 saturated carbocycles. The smallest absolute Gasteiger partial charge is 0.264 e. The lowest BCUT2D eigenvalue weighted by Crippen LogP contribution is -2.49. The Morgan fingerprint density at radius 2 is 1.97 bits per heavy atom. The summed E-state index contributed by atoms with van der Waals surface area (Å²) >= 11 is 0. The third-order valence-corrected chi connectivity index (χ3v) is 11.0. The van der Waals surface area contributed by atoms with Crippen molar-refractivity contribution in [2.75, 3.05) is 30.6 Å². The number of hydrogen-bond acceptors (Lipinski definition) is 6. The molecule has 9 heteroatoms. The van der Waals surface area contributed by atoms with Crippen molar-refractivity contribution in [2.24, 2.45) is 13.0 Å². The molecule has 4 heterocycles. The van der Waals surface area contributed by atoms with Crippen LogP contribution in [-0.2, 0) is 46.7 Å². The number of rotatable bonds is 7. The molecule has 7 rings (SSSR count). The Balaban J connectivity index is 1.21. The van der Waals surface area contributed by atoms with Gasteiger partial charge in [-0.2, -0.15) is 0 Å². The quantitative estimate of drug-likeness (QED) is 0.442. The van der Waals surface area contributed by atoms with Gasteiger partial charge in [0.15, 0.2) is 0 Å². The summed E-state index contributed by atoms with van der Waals surface area (Å²) in [6.45, 7) is 6.88. The van der Waals surface area contributed by atoms with Crippen LogP contribution >= 0.6 is 0 Å². The maximum absolute atomic E-state index is 14.1. The van der Waals surface area contributed by atoms with Gasteiger partial charge in [-0.25, -0.2) is 8.42 Å². The minimum absolute atomic E-state index is 0.231. The first-order valence-electron chi connectivity index (χ1n) is 14.2. The second kappa shape index (κ2) is 9.42. The minimum Gasteiger partial charge on any atom is -0.379 e. The van der Waals surface area contributed by atoms with E-state index in [9.17, 15) is 8.42 Å². The molecule has 1 aliphatic carbocycles. The van der Waals surface area contributed by atoms with Gasteiger partial charge in [0.05, 0.1) is 30.3 Å².